The van der Waals surface area contributed by atoms with Crippen molar-refractivity contribution in [1.29, 1.82) is 0 Å². The molecule has 1 aliphatic heterocycles. The van der Waals surface area contributed by atoms with E-state index in [2.05, 4.69) is 0 Å². The Kier molecular flexibility index (Phi) is 3.90. The van der Waals surface area contributed by atoms with Crippen LogP contribution in [-0.4, -0.2) is 42.8 Å². The van der Waals surface area contributed by atoms with Gasteiger partial charge in [-0.25, -0.2) is 8.42 Å². The Morgan fingerprint density at radius 1 is 1.13 bits per heavy atom. The molecule has 1 saturated carbocycles. The first kappa shape index (κ1) is 16.3. The molecule has 1 atom stereocenters. The molecule has 3 rings (SSSR count). The van der Waals surface area contributed by atoms with Crippen molar-refractivity contribution in [2.45, 2.75) is 37.5 Å². The molecule has 1 unspecified atom stereocenters. The van der Waals surface area contributed by atoms with Gasteiger partial charge in [0.15, 0.2) is 9.84 Å². The summed E-state index contributed by atoms with van der Waals surface area (Å²) < 4.78 is 61.7. The van der Waals surface area contributed by atoms with Crippen LogP contribution in [0, 0.1) is 0 Å². The molecular formula is C15H16F3NO3S. The van der Waals surface area contributed by atoms with E-state index in [0.29, 0.717) is 6.42 Å². The Labute approximate surface area is 132 Å². The lowest BCUT2D eigenvalue weighted by Gasteiger charge is -2.28. The molecule has 0 aromatic heterocycles. The number of halogens is 3. The maximum absolute atomic E-state index is 12.8. The van der Waals surface area contributed by atoms with Crippen LogP contribution < -0.4 is 0 Å². The van der Waals surface area contributed by atoms with Crippen LogP contribution in [0.2, 0.25) is 0 Å². The van der Waals surface area contributed by atoms with Crippen molar-refractivity contribution in [2.75, 3.05) is 11.5 Å². The number of benzene rings is 1. The number of hydrogen-bond donors (Lipinski definition) is 0. The van der Waals surface area contributed by atoms with E-state index in [1.807, 2.05) is 0 Å². The number of alkyl halides is 3. The minimum absolute atomic E-state index is 0.0246. The van der Waals surface area contributed by atoms with Crippen molar-refractivity contribution in [3.05, 3.63) is 35.4 Å². The van der Waals surface area contributed by atoms with E-state index in [4.69, 9.17) is 0 Å². The predicted octanol–water partition coefficient (Wildman–Crippen LogP) is 2.50. The molecule has 1 heterocycles. The molecule has 2 aliphatic rings. The molecule has 1 aromatic rings. The van der Waals surface area contributed by atoms with Gasteiger partial charge in [-0.15, -0.1) is 0 Å². The fraction of sp³-hybridized carbons (Fsp3) is 0.533. The lowest BCUT2D eigenvalue weighted by atomic mass is 10.1. The van der Waals surface area contributed by atoms with E-state index in [1.54, 1.807) is 0 Å². The largest absolute Gasteiger partial charge is 0.416 e. The quantitative estimate of drug-likeness (QED) is 0.844. The fourth-order valence-corrected chi connectivity index (χ4v) is 4.67. The summed E-state index contributed by atoms with van der Waals surface area (Å²) in [5.41, 5.74) is -0.922. The second kappa shape index (κ2) is 5.51. The number of sulfone groups is 1. The van der Waals surface area contributed by atoms with Crippen molar-refractivity contribution < 1.29 is 26.4 Å². The van der Waals surface area contributed by atoms with Gasteiger partial charge in [-0.2, -0.15) is 13.2 Å². The Bertz CT molecular complexity index is 726. The first-order valence-corrected chi connectivity index (χ1v) is 9.20. The normalized spacial score (nSPS) is 23.7. The van der Waals surface area contributed by atoms with Crippen molar-refractivity contribution in [3.63, 3.8) is 0 Å². The van der Waals surface area contributed by atoms with Crippen LogP contribution in [0.3, 0.4) is 0 Å². The molecule has 2 fully saturated rings. The lowest BCUT2D eigenvalue weighted by Crippen LogP contribution is -2.42. The number of carbonyl (C=O) groups is 1. The van der Waals surface area contributed by atoms with E-state index >= 15 is 0 Å². The van der Waals surface area contributed by atoms with E-state index in [9.17, 15) is 26.4 Å². The smallest absolute Gasteiger partial charge is 0.332 e. The highest BCUT2D eigenvalue weighted by Crippen LogP contribution is 2.35. The molecule has 0 radical (unpaired) electrons. The topological polar surface area (TPSA) is 54.5 Å². The molecule has 0 bridgehead atoms. The average Bonchev–Trinajstić information content (AvgIpc) is 3.22. The molecule has 1 saturated heterocycles. The second-order valence-electron chi connectivity index (χ2n) is 6.08. The summed E-state index contributed by atoms with van der Waals surface area (Å²) in [4.78, 5) is 14.2. The molecule has 23 heavy (non-hydrogen) atoms. The van der Waals surface area contributed by atoms with Gasteiger partial charge in [0.05, 0.1) is 17.1 Å². The number of amides is 1. The summed E-state index contributed by atoms with van der Waals surface area (Å²) in [5, 5.41) is 0. The number of rotatable bonds is 3. The number of nitrogens with zero attached hydrogens (tertiary/aromatic N) is 1. The van der Waals surface area contributed by atoms with E-state index < -0.39 is 33.5 Å². The summed E-state index contributed by atoms with van der Waals surface area (Å²) in [6.07, 6.45) is -2.64. The standard InChI is InChI=1S/C15H16F3NO3S/c16-15(17,18)11-3-1-2-10(8-11)14(20)19(12-4-5-12)13-6-7-23(21,22)9-13/h1-3,8,12-13H,4-7,9H2. The second-order valence-corrected chi connectivity index (χ2v) is 8.31. The highest BCUT2D eigenvalue weighted by atomic mass is 32.2. The first-order valence-electron chi connectivity index (χ1n) is 7.38. The van der Waals surface area contributed by atoms with Crippen molar-refractivity contribution in [1.82, 2.24) is 4.90 Å². The summed E-state index contributed by atoms with van der Waals surface area (Å²) in [6.45, 7) is 0. The monoisotopic (exact) mass is 347 g/mol. The Morgan fingerprint density at radius 2 is 1.83 bits per heavy atom. The Morgan fingerprint density at radius 3 is 2.35 bits per heavy atom. The fourth-order valence-electron chi connectivity index (χ4n) is 2.95. The van der Waals surface area contributed by atoms with Crippen LogP contribution in [0.25, 0.3) is 0 Å². The van der Waals surface area contributed by atoms with E-state index in [1.165, 1.54) is 17.0 Å². The van der Waals surface area contributed by atoms with Gasteiger partial charge in [0.1, 0.15) is 0 Å². The van der Waals surface area contributed by atoms with Gasteiger partial charge in [-0.3, -0.25) is 4.79 Å². The van der Waals surface area contributed by atoms with Crippen LogP contribution in [0.5, 0.6) is 0 Å². The van der Waals surface area contributed by atoms with Crippen LogP contribution in [0.4, 0.5) is 13.2 Å². The maximum atomic E-state index is 12.8. The van der Waals surface area contributed by atoms with Gasteiger partial charge in [-0.1, -0.05) is 6.07 Å². The Balaban J connectivity index is 1.88. The lowest BCUT2D eigenvalue weighted by molar-refractivity contribution is -0.137. The van der Waals surface area contributed by atoms with Crippen LogP contribution >= 0.6 is 0 Å². The van der Waals surface area contributed by atoms with Gasteiger partial charge < -0.3 is 4.90 Å². The first-order chi connectivity index (χ1) is 10.7. The summed E-state index contributed by atoms with van der Waals surface area (Å²) in [7, 11) is -3.17. The van der Waals surface area contributed by atoms with Crippen LogP contribution in [-0.2, 0) is 16.0 Å². The molecular weight excluding hydrogens is 331 g/mol. The zero-order valence-corrected chi connectivity index (χ0v) is 13.0. The Hall–Kier alpha value is -1.57. The molecule has 0 N–H and O–H groups in total. The van der Waals surface area contributed by atoms with Gasteiger partial charge in [0.25, 0.3) is 5.91 Å². The summed E-state index contributed by atoms with van der Waals surface area (Å²) in [5.74, 6) is -0.592. The van der Waals surface area contributed by atoms with E-state index in [-0.39, 0.29) is 23.1 Å². The van der Waals surface area contributed by atoms with Crippen LogP contribution in [0.1, 0.15) is 35.2 Å². The molecule has 0 spiro atoms. The average molecular weight is 347 g/mol. The molecule has 4 nitrogen and oxygen atoms in total. The predicted molar refractivity (Wildman–Crippen MR) is 77.7 cm³/mol. The number of hydrogen-bond acceptors (Lipinski definition) is 3. The van der Waals surface area contributed by atoms with E-state index in [0.717, 1.165) is 25.0 Å². The molecule has 126 valence electrons. The molecule has 1 aromatic carbocycles. The van der Waals surface area contributed by atoms with Crippen molar-refractivity contribution >= 4 is 15.7 Å². The highest BCUT2D eigenvalue weighted by molar-refractivity contribution is 7.91. The van der Waals surface area contributed by atoms with Crippen LogP contribution in [0.15, 0.2) is 24.3 Å². The zero-order valence-electron chi connectivity index (χ0n) is 12.2. The zero-order chi connectivity index (χ0) is 16.8. The SMILES string of the molecule is O=C(c1cccc(C(F)(F)F)c1)N(C1CC1)C1CCS(=O)(=O)C1. The maximum Gasteiger partial charge on any atom is 0.416 e. The summed E-state index contributed by atoms with van der Waals surface area (Å²) in [6, 6.07) is 3.80. The molecule has 1 amide bonds. The molecule has 8 heteroatoms. The third-order valence-corrected chi connectivity index (χ3v) is 5.96. The third kappa shape index (κ3) is 3.52. The van der Waals surface area contributed by atoms with Gasteiger partial charge in [-0.05, 0) is 37.5 Å². The van der Waals surface area contributed by atoms with Gasteiger partial charge in [0, 0.05) is 17.6 Å². The number of carbonyl (C=O) groups excluding carboxylic acids is 1. The minimum atomic E-state index is -4.52. The van der Waals surface area contributed by atoms with Gasteiger partial charge in [0.2, 0.25) is 0 Å². The molecule has 1 aliphatic carbocycles. The summed E-state index contributed by atoms with van der Waals surface area (Å²) >= 11 is 0. The van der Waals surface area contributed by atoms with Crippen molar-refractivity contribution in [2.24, 2.45) is 0 Å². The highest BCUT2D eigenvalue weighted by Gasteiger charge is 2.42. The third-order valence-electron chi connectivity index (χ3n) is 4.21. The minimum Gasteiger partial charge on any atom is -0.332 e. The van der Waals surface area contributed by atoms with Gasteiger partial charge >= 0.3 is 6.18 Å². The van der Waals surface area contributed by atoms with Crippen molar-refractivity contribution in [3.8, 4) is 0 Å².